The Balaban J connectivity index is 2.04. The molecule has 4 nitrogen and oxygen atoms in total. The summed E-state index contributed by atoms with van der Waals surface area (Å²) in [4.78, 5) is 7.03. The monoisotopic (exact) mass is 204 g/mol. The van der Waals surface area contributed by atoms with Crippen LogP contribution in [0.3, 0.4) is 0 Å². The number of methoxy groups -OCH3 is 1. The topological polar surface area (TPSA) is 47.1 Å². The van der Waals surface area contributed by atoms with Gasteiger partial charge in [0.1, 0.15) is 12.4 Å². The maximum atomic E-state index is 5.55. The van der Waals surface area contributed by atoms with E-state index in [-0.39, 0.29) is 0 Å². The average Bonchev–Trinajstić information content (AvgIpc) is 2.79. The molecule has 0 saturated heterocycles. The molecule has 2 rings (SSSR count). The molecule has 0 amide bonds. The van der Waals surface area contributed by atoms with Crippen LogP contribution in [-0.4, -0.2) is 17.1 Å². The molecule has 0 saturated carbocycles. The van der Waals surface area contributed by atoms with Gasteiger partial charge in [-0.05, 0) is 12.1 Å². The molecule has 4 heteroatoms. The predicted octanol–water partition coefficient (Wildman–Crippen LogP) is 2.00. The zero-order chi connectivity index (χ0) is 10.5. The maximum absolute atomic E-state index is 5.55. The van der Waals surface area contributed by atoms with E-state index >= 15 is 0 Å². The predicted molar refractivity (Wildman–Crippen MR) is 55.9 cm³/mol. The number of benzene rings is 1. The Labute approximate surface area is 87.9 Å². The van der Waals surface area contributed by atoms with E-state index in [0.717, 1.165) is 17.3 Å². The summed E-state index contributed by atoms with van der Waals surface area (Å²) in [6.07, 6.45) is 3.46. The number of ether oxygens (including phenoxy) is 2. The van der Waals surface area contributed by atoms with Gasteiger partial charge in [0.15, 0.2) is 11.5 Å². The Morgan fingerprint density at radius 1 is 1.27 bits per heavy atom. The number of nitrogens with zero attached hydrogens (tertiary/aromatic N) is 1. The molecular weight excluding hydrogens is 192 g/mol. The van der Waals surface area contributed by atoms with E-state index in [1.54, 1.807) is 19.5 Å². The minimum atomic E-state index is 0.410. The van der Waals surface area contributed by atoms with Gasteiger partial charge in [0.2, 0.25) is 0 Å². The van der Waals surface area contributed by atoms with E-state index in [0.29, 0.717) is 6.61 Å². The quantitative estimate of drug-likeness (QED) is 0.828. The summed E-state index contributed by atoms with van der Waals surface area (Å²) >= 11 is 0. The SMILES string of the molecule is COc1ccccc1OCc1ncc[nH]1. The van der Waals surface area contributed by atoms with E-state index in [1.165, 1.54) is 0 Å². The van der Waals surface area contributed by atoms with Crippen LogP contribution in [0.2, 0.25) is 0 Å². The highest BCUT2D eigenvalue weighted by Crippen LogP contribution is 2.26. The lowest BCUT2D eigenvalue weighted by atomic mass is 10.3. The van der Waals surface area contributed by atoms with Crippen molar-refractivity contribution in [3.63, 3.8) is 0 Å². The summed E-state index contributed by atoms with van der Waals surface area (Å²) in [6.45, 7) is 0.410. The number of hydrogen-bond acceptors (Lipinski definition) is 3. The molecule has 2 aromatic rings. The molecule has 1 N–H and O–H groups in total. The molecule has 1 aromatic heterocycles. The molecule has 78 valence electrons. The number of H-pyrrole nitrogens is 1. The summed E-state index contributed by atoms with van der Waals surface area (Å²) in [5, 5.41) is 0. The molecule has 0 aliphatic carbocycles. The number of hydrogen-bond donors (Lipinski definition) is 1. The molecule has 1 aromatic carbocycles. The highest BCUT2D eigenvalue weighted by molar-refractivity contribution is 5.39. The van der Waals surface area contributed by atoms with Crippen molar-refractivity contribution in [2.45, 2.75) is 6.61 Å². The van der Waals surface area contributed by atoms with Crippen LogP contribution in [0, 0.1) is 0 Å². The largest absolute Gasteiger partial charge is 0.493 e. The van der Waals surface area contributed by atoms with Crippen molar-refractivity contribution in [2.75, 3.05) is 7.11 Å². The third kappa shape index (κ3) is 2.28. The van der Waals surface area contributed by atoms with Crippen LogP contribution in [0.15, 0.2) is 36.7 Å². The number of aromatic amines is 1. The Morgan fingerprint density at radius 3 is 2.73 bits per heavy atom. The number of imidazole rings is 1. The minimum absolute atomic E-state index is 0.410. The highest BCUT2D eigenvalue weighted by atomic mass is 16.5. The van der Waals surface area contributed by atoms with Crippen molar-refractivity contribution in [2.24, 2.45) is 0 Å². The van der Waals surface area contributed by atoms with Crippen LogP contribution in [0.1, 0.15) is 5.82 Å². The van der Waals surface area contributed by atoms with Crippen molar-refractivity contribution in [3.05, 3.63) is 42.5 Å². The van der Waals surface area contributed by atoms with Gasteiger partial charge in [0, 0.05) is 12.4 Å². The molecule has 0 unspecified atom stereocenters. The van der Waals surface area contributed by atoms with Crippen LogP contribution in [0.4, 0.5) is 0 Å². The molecule has 0 radical (unpaired) electrons. The Bertz CT molecular complexity index is 412. The van der Waals surface area contributed by atoms with Gasteiger partial charge in [-0.3, -0.25) is 0 Å². The van der Waals surface area contributed by atoms with Gasteiger partial charge < -0.3 is 14.5 Å². The van der Waals surface area contributed by atoms with E-state index in [2.05, 4.69) is 9.97 Å². The van der Waals surface area contributed by atoms with Gasteiger partial charge in [-0.15, -0.1) is 0 Å². The van der Waals surface area contributed by atoms with E-state index < -0.39 is 0 Å². The molecule has 0 aliphatic rings. The van der Waals surface area contributed by atoms with Crippen LogP contribution in [0.25, 0.3) is 0 Å². The van der Waals surface area contributed by atoms with Crippen LogP contribution in [-0.2, 0) is 6.61 Å². The number of rotatable bonds is 4. The van der Waals surface area contributed by atoms with Crippen LogP contribution in [0.5, 0.6) is 11.5 Å². The van der Waals surface area contributed by atoms with Crippen molar-refractivity contribution >= 4 is 0 Å². The second kappa shape index (κ2) is 4.50. The lowest BCUT2D eigenvalue weighted by Crippen LogP contribution is -1.98. The Kier molecular flexibility index (Phi) is 2.88. The van der Waals surface area contributed by atoms with Gasteiger partial charge >= 0.3 is 0 Å². The number of nitrogens with one attached hydrogen (secondary N) is 1. The van der Waals surface area contributed by atoms with E-state index in [9.17, 15) is 0 Å². The lowest BCUT2D eigenvalue weighted by molar-refractivity contribution is 0.277. The smallest absolute Gasteiger partial charge is 0.161 e. The first-order chi connectivity index (χ1) is 7.40. The van der Waals surface area contributed by atoms with Crippen molar-refractivity contribution in [1.82, 2.24) is 9.97 Å². The third-order valence-electron chi connectivity index (χ3n) is 1.99. The first-order valence-electron chi connectivity index (χ1n) is 4.64. The molecule has 15 heavy (non-hydrogen) atoms. The highest BCUT2D eigenvalue weighted by Gasteiger charge is 2.03. The van der Waals surface area contributed by atoms with Gasteiger partial charge in [0.05, 0.1) is 7.11 Å². The number of para-hydroxylation sites is 2. The van der Waals surface area contributed by atoms with Crippen molar-refractivity contribution < 1.29 is 9.47 Å². The van der Waals surface area contributed by atoms with E-state index in [1.807, 2.05) is 24.3 Å². The zero-order valence-electron chi connectivity index (χ0n) is 8.43. The minimum Gasteiger partial charge on any atom is -0.493 e. The fraction of sp³-hybridized carbons (Fsp3) is 0.182. The molecule has 0 atom stereocenters. The second-order valence-electron chi connectivity index (χ2n) is 2.98. The Morgan fingerprint density at radius 2 is 2.07 bits per heavy atom. The summed E-state index contributed by atoms with van der Waals surface area (Å²) in [6, 6.07) is 7.53. The van der Waals surface area contributed by atoms with Gasteiger partial charge in [0.25, 0.3) is 0 Å². The summed E-state index contributed by atoms with van der Waals surface area (Å²) in [5.41, 5.74) is 0. The number of aromatic nitrogens is 2. The van der Waals surface area contributed by atoms with Crippen LogP contribution >= 0.6 is 0 Å². The van der Waals surface area contributed by atoms with Crippen LogP contribution < -0.4 is 9.47 Å². The third-order valence-corrected chi connectivity index (χ3v) is 1.99. The maximum Gasteiger partial charge on any atom is 0.161 e. The first-order valence-corrected chi connectivity index (χ1v) is 4.64. The van der Waals surface area contributed by atoms with E-state index in [4.69, 9.17) is 9.47 Å². The van der Waals surface area contributed by atoms with Gasteiger partial charge in [-0.25, -0.2) is 4.98 Å². The first kappa shape index (κ1) is 9.58. The summed E-state index contributed by atoms with van der Waals surface area (Å²) in [5.74, 6) is 2.24. The molecular formula is C11H12N2O2. The summed E-state index contributed by atoms with van der Waals surface area (Å²) in [7, 11) is 1.62. The molecule has 0 spiro atoms. The summed E-state index contributed by atoms with van der Waals surface area (Å²) < 4.78 is 10.7. The van der Waals surface area contributed by atoms with Gasteiger partial charge in [-0.2, -0.15) is 0 Å². The second-order valence-corrected chi connectivity index (χ2v) is 2.98. The fourth-order valence-corrected chi connectivity index (χ4v) is 1.26. The Hall–Kier alpha value is -1.97. The van der Waals surface area contributed by atoms with Gasteiger partial charge in [-0.1, -0.05) is 12.1 Å². The molecule has 0 aliphatic heterocycles. The average molecular weight is 204 g/mol. The van der Waals surface area contributed by atoms with Crippen molar-refractivity contribution in [1.29, 1.82) is 0 Å². The molecule has 0 bridgehead atoms. The lowest BCUT2D eigenvalue weighted by Gasteiger charge is -2.08. The molecule has 1 heterocycles. The normalized spacial score (nSPS) is 9.93. The fourth-order valence-electron chi connectivity index (χ4n) is 1.26. The standard InChI is InChI=1S/C11H12N2O2/c1-14-9-4-2-3-5-10(9)15-8-11-12-6-7-13-11/h2-7H,8H2,1H3,(H,12,13). The van der Waals surface area contributed by atoms with Crippen molar-refractivity contribution in [3.8, 4) is 11.5 Å². The molecule has 0 fully saturated rings. The zero-order valence-corrected chi connectivity index (χ0v) is 8.43.